The smallest absolute Gasteiger partial charge is 0.193 e. The number of halogens is 1. The molecule has 31 heavy (non-hydrogen) atoms. The minimum atomic E-state index is 0. The predicted molar refractivity (Wildman–Crippen MR) is 134 cm³/mol. The van der Waals surface area contributed by atoms with E-state index >= 15 is 0 Å². The molecule has 168 valence electrons. The number of hydrogen-bond acceptors (Lipinski definition) is 5. The molecule has 0 amide bonds. The lowest BCUT2D eigenvalue weighted by atomic mass is 10.2. The predicted octanol–water partition coefficient (Wildman–Crippen LogP) is 3.39. The zero-order valence-corrected chi connectivity index (χ0v) is 20.9. The Hall–Kier alpha value is -2.56. The van der Waals surface area contributed by atoms with E-state index in [9.17, 15) is 0 Å². The minimum Gasteiger partial charge on any atom is -0.497 e. The maximum atomic E-state index is 5.52. The number of nitrogens with zero attached hydrogens (tertiary/aromatic N) is 5. The SMILES string of the molecule is CCNC(=NCCCc1nnc2ccccn12)N(C)Cc1ccc(OC)cc1OC.I. The van der Waals surface area contributed by atoms with Crippen molar-refractivity contribution >= 4 is 35.6 Å². The van der Waals surface area contributed by atoms with Gasteiger partial charge in [-0.1, -0.05) is 6.07 Å². The van der Waals surface area contributed by atoms with Gasteiger partial charge in [-0.15, -0.1) is 34.2 Å². The third kappa shape index (κ3) is 6.46. The van der Waals surface area contributed by atoms with Gasteiger partial charge >= 0.3 is 0 Å². The lowest BCUT2D eigenvalue weighted by Crippen LogP contribution is -2.38. The number of methoxy groups -OCH3 is 2. The van der Waals surface area contributed by atoms with E-state index in [1.807, 2.05) is 54.0 Å². The highest BCUT2D eigenvalue weighted by Crippen LogP contribution is 2.25. The van der Waals surface area contributed by atoms with Crippen molar-refractivity contribution in [1.82, 2.24) is 24.8 Å². The number of benzene rings is 1. The second-order valence-electron chi connectivity index (χ2n) is 6.92. The fourth-order valence-corrected chi connectivity index (χ4v) is 3.27. The molecule has 2 aromatic heterocycles. The number of ether oxygens (including phenoxy) is 2. The maximum Gasteiger partial charge on any atom is 0.193 e. The minimum absolute atomic E-state index is 0. The number of pyridine rings is 1. The molecule has 8 nitrogen and oxygen atoms in total. The van der Waals surface area contributed by atoms with Gasteiger partial charge in [-0.05, 0) is 37.6 Å². The van der Waals surface area contributed by atoms with Crippen LogP contribution in [0.1, 0.15) is 24.7 Å². The van der Waals surface area contributed by atoms with Crippen LogP contribution < -0.4 is 14.8 Å². The van der Waals surface area contributed by atoms with Crippen LogP contribution in [0.4, 0.5) is 0 Å². The summed E-state index contributed by atoms with van der Waals surface area (Å²) in [6, 6.07) is 11.8. The molecule has 0 aliphatic carbocycles. The molecular formula is C22H31IN6O2. The second-order valence-corrected chi connectivity index (χ2v) is 6.92. The number of fused-ring (bicyclic) bond motifs is 1. The van der Waals surface area contributed by atoms with Gasteiger partial charge in [-0.3, -0.25) is 9.39 Å². The molecule has 0 saturated carbocycles. The van der Waals surface area contributed by atoms with Crippen LogP contribution in [-0.2, 0) is 13.0 Å². The van der Waals surface area contributed by atoms with E-state index < -0.39 is 0 Å². The van der Waals surface area contributed by atoms with E-state index in [1.54, 1.807) is 14.2 Å². The first-order valence-electron chi connectivity index (χ1n) is 10.1. The van der Waals surface area contributed by atoms with Crippen molar-refractivity contribution in [3.05, 3.63) is 54.0 Å². The van der Waals surface area contributed by atoms with Crippen molar-refractivity contribution < 1.29 is 9.47 Å². The van der Waals surface area contributed by atoms with Crippen LogP contribution in [0.3, 0.4) is 0 Å². The molecule has 0 spiro atoms. The molecule has 0 unspecified atom stereocenters. The van der Waals surface area contributed by atoms with Crippen LogP contribution in [-0.4, -0.2) is 59.8 Å². The average molecular weight is 538 g/mol. The van der Waals surface area contributed by atoms with Crippen molar-refractivity contribution in [2.75, 3.05) is 34.4 Å². The molecule has 0 radical (unpaired) electrons. The first-order chi connectivity index (χ1) is 14.7. The Morgan fingerprint density at radius 3 is 2.74 bits per heavy atom. The largest absolute Gasteiger partial charge is 0.497 e. The number of hydrogen-bond donors (Lipinski definition) is 1. The zero-order chi connectivity index (χ0) is 21.3. The number of aliphatic imine (C=N–C) groups is 1. The van der Waals surface area contributed by atoms with Gasteiger partial charge < -0.3 is 19.7 Å². The van der Waals surface area contributed by atoms with Crippen molar-refractivity contribution in [3.8, 4) is 11.5 Å². The van der Waals surface area contributed by atoms with Crippen molar-refractivity contribution in [2.24, 2.45) is 4.99 Å². The van der Waals surface area contributed by atoms with E-state index in [-0.39, 0.29) is 24.0 Å². The Labute approximate surface area is 200 Å². The summed E-state index contributed by atoms with van der Waals surface area (Å²) in [5.74, 6) is 3.40. The fraction of sp³-hybridized carbons (Fsp3) is 0.409. The van der Waals surface area contributed by atoms with Gasteiger partial charge in [0.05, 0.1) is 14.2 Å². The monoisotopic (exact) mass is 538 g/mol. The Kier molecular flexibility index (Phi) is 9.83. The van der Waals surface area contributed by atoms with Gasteiger partial charge in [0.1, 0.15) is 17.3 Å². The summed E-state index contributed by atoms with van der Waals surface area (Å²) in [5, 5.41) is 11.9. The topological polar surface area (TPSA) is 76.3 Å². The maximum absolute atomic E-state index is 5.52. The zero-order valence-electron chi connectivity index (χ0n) is 18.5. The third-order valence-electron chi connectivity index (χ3n) is 4.80. The first kappa shape index (κ1) is 24.7. The van der Waals surface area contributed by atoms with E-state index in [0.29, 0.717) is 13.1 Å². The summed E-state index contributed by atoms with van der Waals surface area (Å²) in [4.78, 5) is 6.88. The summed E-state index contributed by atoms with van der Waals surface area (Å²) in [6.07, 6.45) is 3.71. The summed E-state index contributed by atoms with van der Waals surface area (Å²) >= 11 is 0. The average Bonchev–Trinajstić information content (AvgIpc) is 3.19. The Balaban J connectivity index is 0.00000341. The van der Waals surface area contributed by atoms with Crippen LogP contribution >= 0.6 is 24.0 Å². The Bertz CT molecular complexity index is 991. The van der Waals surface area contributed by atoms with Crippen LogP contribution in [0.5, 0.6) is 11.5 Å². The standard InChI is InChI=1S/C22H30N6O2.HI/c1-5-23-22(27(2)16-17-11-12-18(29-3)15-19(17)30-4)24-13-8-10-21-26-25-20-9-6-7-14-28(20)21;/h6-7,9,11-12,14-15H,5,8,10,13,16H2,1-4H3,(H,23,24);1H. The van der Waals surface area contributed by atoms with Gasteiger partial charge in [0.25, 0.3) is 0 Å². The number of nitrogens with one attached hydrogen (secondary N) is 1. The van der Waals surface area contributed by atoms with E-state index in [2.05, 4.69) is 27.3 Å². The summed E-state index contributed by atoms with van der Waals surface area (Å²) < 4.78 is 12.8. The Morgan fingerprint density at radius 2 is 2.00 bits per heavy atom. The highest BCUT2D eigenvalue weighted by Gasteiger charge is 2.11. The molecule has 0 atom stereocenters. The second kappa shape index (κ2) is 12.3. The fourth-order valence-electron chi connectivity index (χ4n) is 3.27. The number of aryl methyl sites for hydroxylation is 1. The van der Waals surface area contributed by atoms with Gasteiger partial charge in [0.15, 0.2) is 11.6 Å². The lowest BCUT2D eigenvalue weighted by molar-refractivity contribution is 0.382. The summed E-state index contributed by atoms with van der Waals surface area (Å²) in [6.45, 7) is 4.25. The van der Waals surface area contributed by atoms with Crippen molar-refractivity contribution in [3.63, 3.8) is 0 Å². The quantitative estimate of drug-likeness (QED) is 0.195. The summed E-state index contributed by atoms with van der Waals surface area (Å²) in [7, 11) is 5.35. The third-order valence-corrected chi connectivity index (χ3v) is 4.80. The molecule has 9 heteroatoms. The van der Waals surface area contributed by atoms with Crippen LogP contribution in [0.25, 0.3) is 5.65 Å². The van der Waals surface area contributed by atoms with E-state index in [0.717, 1.165) is 53.9 Å². The molecule has 0 saturated heterocycles. The molecular weight excluding hydrogens is 507 g/mol. The molecule has 1 aromatic carbocycles. The molecule has 2 heterocycles. The highest BCUT2D eigenvalue weighted by molar-refractivity contribution is 14.0. The van der Waals surface area contributed by atoms with Crippen LogP contribution in [0.15, 0.2) is 47.6 Å². The van der Waals surface area contributed by atoms with Crippen molar-refractivity contribution in [2.45, 2.75) is 26.3 Å². The number of aromatic nitrogens is 3. The lowest BCUT2D eigenvalue weighted by Gasteiger charge is -2.23. The van der Waals surface area contributed by atoms with E-state index in [4.69, 9.17) is 14.5 Å². The molecule has 0 fully saturated rings. The highest BCUT2D eigenvalue weighted by atomic mass is 127. The number of guanidine groups is 1. The van der Waals surface area contributed by atoms with Crippen LogP contribution in [0.2, 0.25) is 0 Å². The van der Waals surface area contributed by atoms with Gasteiger partial charge in [-0.25, -0.2) is 0 Å². The van der Waals surface area contributed by atoms with Gasteiger partial charge in [-0.2, -0.15) is 0 Å². The molecule has 1 N–H and O–H groups in total. The summed E-state index contributed by atoms with van der Waals surface area (Å²) in [5.41, 5.74) is 1.94. The molecule has 3 aromatic rings. The normalized spacial score (nSPS) is 11.2. The molecule has 0 aliphatic rings. The van der Waals surface area contributed by atoms with Crippen LogP contribution in [0, 0.1) is 0 Å². The molecule has 0 aliphatic heterocycles. The van der Waals surface area contributed by atoms with Gasteiger partial charge in [0, 0.05) is 50.9 Å². The molecule has 3 rings (SSSR count). The molecule has 0 bridgehead atoms. The number of rotatable bonds is 9. The van der Waals surface area contributed by atoms with E-state index in [1.165, 1.54) is 0 Å². The first-order valence-corrected chi connectivity index (χ1v) is 10.1. The Morgan fingerprint density at radius 1 is 1.16 bits per heavy atom. The van der Waals surface area contributed by atoms with Crippen molar-refractivity contribution in [1.29, 1.82) is 0 Å². The van der Waals surface area contributed by atoms with Gasteiger partial charge in [0.2, 0.25) is 0 Å².